The van der Waals surface area contributed by atoms with Gasteiger partial charge in [-0.1, -0.05) is 143 Å². The zero-order valence-electron chi connectivity index (χ0n) is 35.1. The summed E-state index contributed by atoms with van der Waals surface area (Å²) in [5.41, 5.74) is 10.5. The van der Waals surface area contributed by atoms with Crippen molar-refractivity contribution in [2.24, 2.45) is 0 Å². The van der Waals surface area contributed by atoms with Crippen LogP contribution in [0.1, 0.15) is 175 Å². The normalized spacial score (nSPS) is 13.6. The Morgan fingerprint density at radius 2 is 0.490 bits per heavy atom. The molecule has 0 aliphatic heterocycles. The van der Waals surface area contributed by atoms with E-state index in [1.165, 1.54) is 33.4 Å². The molecule has 0 N–H and O–H groups in total. The van der Waals surface area contributed by atoms with Gasteiger partial charge in [-0.25, -0.2) is 0 Å². The zero-order valence-corrected chi connectivity index (χ0v) is 36.0. The first-order chi connectivity index (χ1) is 21.8. The van der Waals surface area contributed by atoms with E-state index in [2.05, 4.69) is 182 Å². The van der Waals surface area contributed by atoms with Gasteiger partial charge in [0.05, 0.1) is 0 Å². The summed E-state index contributed by atoms with van der Waals surface area (Å²) in [6, 6.07) is 13.6. The van der Waals surface area contributed by atoms with E-state index in [4.69, 9.17) is 13.6 Å². The molecule has 0 amide bonds. The first-order valence-corrected chi connectivity index (χ1v) is 19.2. The molecule has 3 aromatic rings. The van der Waals surface area contributed by atoms with Gasteiger partial charge in [0.25, 0.3) is 0 Å². The molecule has 272 valence electrons. The maximum atomic E-state index is 7.06. The van der Waals surface area contributed by atoms with E-state index in [1.54, 1.807) is 0 Å². The molecule has 0 heterocycles. The standard InChI is InChI=1S/C45H69O3P/c1-28-22-37(34(43(13,14)15)25-31(28)40(4,5)6)46-49(47-38-23-29(2)32(41(7,8)9)26-35(38)44(16,17)18)48-39-24-30(3)33(42(10,11)12)27-36(39)45(19,20)21/h22-27H,1-21H3. The van der Waals surface area contributed by atoms with Crippen molar-refractivity contribution in [2.75, 3.05) is 0 Å². The molecule has 0 saturated carbocycles. The molecule has 0 bridgehead atoms. The number of benzene rings is 3. The molecule has 3 rings (SSSR count). The van der Waals surface area contributed by atoms with Crippen LogP contribution in [0.15, 0.2) is 36.4 Å². The van der Waals surface area contributed by atoms with Crippen molar-refractivity contribution < 1.29 is 13.6 Å². The Morgan fingerprint density at radius 3 is 0.653 bits per heavy atom. The molecule has 0 atom stereocenters. The lowest BCUT2D eigenvalue weighted by molar-refractivity contribution is 0.371. The van der Waals surface area contributed by atoms with E-state index in [-0.39, 0.29) is 32.5 Å². The molecular formula is C45H69O3P. The average Bonchev–Trinajstić information content (AvgIpc) is 2.84. The third-order valence-corrected chi connectivity index (χ3v) is 10.4. The molecule has 3 nitrogen and oxygen atoms in total. The number of rotatable bonds is 6. The fourth-order valence-corrected chi connectivity index (χ4v) is 7.80. The third kappa shape index (κ3) is 9.84. The van der Waals surface area contributed by atoms with Gasteiger partial charge in [0.15, 0.2) is 0 Å². The van der Waals surface area contributed by atoms with Gasteiger partial charge in [0.1, 0.15) is 17.2 Å². The summed E-state index contributed by atoms with van der Waals surface area (Å²) in [6.07, 6.45) is 0. The molecule has 0 unspecified atom stereocenters. The summed E-state index contributed by atoms with van der Waals surface area (Å²) in [5, 5.41) is 0. The molecule has 0 aliphatic carbocycles. The van der Waals surface area contributed by atoms with Crippen LogP contribution in [-0.4, -0.2) is 0 Å². The molecular weight excluding hydrogens is 619 g/mol. The molecule has 0 aliphatic rings. The van der Waals surface area contributed by atoms with Crippen LogP contribution in [0.2, 0.25) is 0 Å². The van der Waals surface area contributed by atoms with Gasteiger partial charge < -0.3 is 13.6 Å². The van der Waals surface area contributed by atoms with Crippen LogP contribution < -0.4 is 13.6 Å². The predicted molar refractivity (Wildman–Crippen MR) is 215 cm³/mol. The summed E-state index contributed by atoms with van der Waals surface area (Å²) in [4.78, 5) is 0. The quantitative estimate of drug-likeness (QED) is 0.241. The maximum Gasteiger partial charge on any atom is 0.530 e. The van der Waals surface area contributed by atoms with Crippen LogP contribution in [-0.2, 0) is 32.5 Å². The Bertz CT molecular complexity index is 1450. The van der Waals surface area contributed by atoms with E-state index in [1.807, 2.05) is 0 Å². The highest BCUT2D eigenvalue weighted by Crippen LogP contribution is 2.51. The minimum absolute atomic E-state index is 0.00221. The summed E-state index contributed by atoms with van der Waals surface area (Å²) in [5.74, 6) is 2.43. The first kappa shape index (κ1) is 40.9. The lowest BCUT2D eigenvalue weighted by Crippen LogP contribution is -2.21. The molecule has 49 heavy (non-hydrogen) atoms. The highest BCUT2D eigenvalue weighted by atomic mass is 31.2. The molecule has 0 saturated heterocycles. The van der Waals surface area contributed by atoms with E-state index >= 15 is 0 Å². The molecule has 0 fully saturated rings. The summed E-state index contributed by atoms with van der Waals surface area (Å²) >= 11 is 0. The average molecular weight is 689 g/mol. The molecule has 4 heteroatoms. The summed E-state index contributed by atoms with van der Waals surface area (Å²) in [7, 11) is -1.93. The topological polar surface area (TPSA) is 27.7 Å². The molecule has 0 aromatic heterocycles. The molecule has 0 radical (unpaired) electrons. The fourth-order valence-electron chi connectivity index (χ4n) is 6.75. The minimum atomic E-state index is -1.93. The van der Waals surface area contributed by atoms with Crippen LogP contribution in [0.3, 0.4) is 0 Å². The lowest BCUT2D eigenvalue weighted by Gasteiger charge is -2.32. The van der Waals surface area contributed by atoms with Crippen molar-refractivity contribution in [3.63, 3.8) is 0 Å². The number of aryl methyl sites for hydroxylation is 3. The highest BCUT2D eigenvalue weighted by Gasteiger charge is 2.34. The number of hydrogen-bond donors (Lipinski definition) is 0. The smallest absolute Gasteiger partial charge is 0.408 e. The lowest BCUT2D eigenvalue weighted by atomic mass is 9.78. The SMILES string of the molecule is Cc1cc(OP(Oc2cc(C)c(C(C)(C)C)cc2C(C)(C)C)Oc2cc(C)c(C(C)(C)C)cc2C(C)(C)C)c(C(C)(C)C)cc1C(C)(C)C. The second-order valence-corrected chi connectivity index (χ2v) is 21.5. The van der Waals surface area contributed by atoms with Crippen LogP contribution in [0.5, 0.6) is 17.2 Å². The largest absolute Gasteiger partial charge is 0.530 e. The van der Waals surface area contributed by atoms with Crippen molar-refractivity contribution in [2.45, 2.75) is 178 Å². The fraction of sp³-hybridized carbons (Fsp3) is 0.600. The number of hydrogen-bond acceptors (Lipinski definition) is 3. The Balaban J connectivity index is 2.35. The Morgan fingerprint density at radius 1 is 0.306 bits per heavy atom. The zero-order chi connectivity index (χ0) is 37.9. The van der Waals surface area contributed by atoms with Crippen molar-refractivity contribution in [3.8, 4) is 17.2 Å². The van der Waals surface area contributed by atoms with Crippen molar-refractivity contribution in [3.05, 3.63) is 86.5 Å². The van der Waals surface area contributed by atoms with Crippen molar-refractivity contribution in [1.82, 2.24) is 0 Å². The van der Waals surface area contributed by atoms with Crippen LogP contribution in [0.25, 0.3) is 0 Å². The highest BCUT2D eigenvalue weighted by molar-refractivity contribution is 7.43. The molecule has 3 aromatic carbocycles. The van der Waals surface area contributed by atoms with E-state index < -0.39 is 8.60 Å². The Hall–Kier alpha value is -2.51. The van der Waals surface area contributed by atoms with Gasteiger partial charge in [-0.05, 0) is 105 Å². The van der Waals surface area contributed by atoms with Gasteiger partial charge in [0.2, 0.25) is 0 Å². The second-order valence-electron chi connectivity index (χ2n) is 20.5. The minimum Gasteiger partial charge on any atom is -0.408 e. The van der Waals surface area contributed by atoms with Gasteiger partial charge in [-0.2, -0.15) is 0 Å². The molecule has 0 spiro atoms. The van der Waals surface area contributed by atoms with E-state index in [0.717, 1.165) is 33.9 Å². The van der Waals surface area contributed by atoms with Crippen LogP contribution in [0.4, 0.5) is 0 Å². The Kier molecular flexibility index (Phi) is 11.3. The van der Waals surface area contributed by atoms with E-state index in [9.17, 15) is 0 Å². The summed E-state index contributed by atoms with van der Waals surface area (Å²) in [6.45, 7) is 47.3. The second kappa shape index (κ2) is 13.6. The van der Waals surface area contributed by atoms with Gasteiger partial charge in [-0.3, -0.25) is 0 Å². The monoisotopic (exact) mass is 688 g/mol. The van der Waals surface area contributed by atoms with Crippen molar-refractivity contribution >= 4 is 8.60 Å². The van der Waals surface area contributed by atoms with Gasteiger partial charge in [0, 0.05) is 16.7 Å². The van der Waals surface area contributed by atoms with E-state index in [0.29, 0.717) is 0 Å². The maximum absolute atomic E-state index is 7.06. The Labute approximate surface area is 302 Å². The van der Waals surface area contributed by atoms with Crippen molar-refractivity contribution in [1.29, 1.82) is 0 Å². The third-order valence-electron chi connectivity index (χ3n) is 9.35. The van der Waals surface area contributed by atoms with Crippen LogP contribution in [0, 0.1) is 20.8 Å². The van der Waals surface area contributed by atoms with Gasteiger partial charge in [-0.15, -0.1) is 0 Å². The van der Waals surface area contributed by atoms with Gasteiger partial charge >= 0.3 is 8.60 Å². The van der Waals surface area contributed by atoms with Crippen LogP contribution >= 0.6 is 8.60 Å². The predicted octanol–water partition coefficient (Wildman–Crippen LogP) is 14.2. The first-order valence-electron chi connectivity index (χ1n) is 18.1. The summed E-state index contributed by atoms with van der Waals surface area (Å²) < 4.78 is 21.2.